The fourth-order valence-electron chi connectivity index (χ4n) is 3.12. The van der Waals surface area contributed by atoms with Crippen LogP contribution in [-0.4, -0.2) is 23.5 Å². The minimum absolute atomic E-state index is 0.271. The third-order valence-corrected chi connectivity index (χ3v) is 4.69. The van der Waals surface area contributed by atoms with Crippen molar-refractivity contribution in [1.29, 1.82) is 0 Å². The number of carbonyl (C=O) groups excluding carboxylic acids is 2. The van der Waals surface area contributed by atoms with Gasteiger partial charge < -0.3 is 14.5 Å². The average Bonchev–Trinajstić information content (AvgIpc) is 3.30. The van der Waals surface area contributed by atoms with Gasteiger partial charge >= 0.3 is 5.97 Å². The second-order valence-corrected chi connectivity index (χ2v) is 6.83. The summed E-state index contributed by atoms with van der Waals surface area (Å²) in [5.74, 6) is -0.383. The number of anilines is 1. The first-order valence-corrected chi connectivity index (χ1v) is 9.95. The number of amides is 1. The number of halogens is 1. The van der Waals surface area contributed by atoms with Gasteiger partial charge in [-0.3, -0.25) is 4.79 Å². The Morgan fingerprint density at radius 2 is 1.72 bits per heavy atom. The Balaban J connectivity index is 1.55. The average molecular weight is 430 g/mol. The number of esters is 1. The van der Waals surface area contributed by atoms with Gasteiger partial charge in [0.2, 0.25) is 5.89 Å². The molecule has 4 rings (SSSR count). The van der Waals surface area contributed by atoms with Crippen LogP contribution >= 0.6 is 0 Å². The number of benzene rings is 3. The molecule has 32 heavy (non-hydrogen) atoms. The van der Waals surface area contributed by atoms with Crippen molar-refractivity contribution in [3.05, 3.63) is 95.9 Å². The van der Waals surface area contributed by atoms with Crippen LogP contribution in [0.5, 0.6) is 0 Å². The Bertz CT molecular complexity index is 1250. The zero-order chi connectivity index (χ0) is 22.5. The fourth-order valence-corrected chi connectivity index (χ4v) is 3.12. The van der Waals surface area contributed by atoms with Crippen molar-refractivity contribution in [1.82, 2.24) is 4.98 Å². The summed E-state index contributed by atoms with van der Waals surface area (Å²) >= 11 is 0. The van der Waals surface area contributed by atoms with Gasteiger partial charge in [-0.2, -0.15) is 0 Å². The van der Waals surface area contributed by atoms with E-state index in [4.69, 9.17) is 9.15 Å². The molecule has 0 saturated heterocycles. The van der Waals surface area contributed by atoms with Gasteiger partial charge in [0, 0.05) is 16.8 Å². The van der Waals surface area contributed by atoms with Gasteiger partial charge in [-0.15, -0.1) is 0 Å². The summed E-state index contributed by atoms with van der Waals surface area (Å²) in [6.45, 7) is 2.03. The number of rotatable bonds is 6. The highest BCUT2D eigenvalue weighted by molar-refractivity contribution is 6.08. The van der Waals surface area contributed by atoms with Crippen molar-refractivity contribution < 1.29 is 23.1 Å². The first-order chi connectivity index (χ1) is 15.5. The molecule has 0 spiro atoms. The number of carbonyl (C=O) groups is 2. The van der Waals surface area contributed by atoms with Gasteiger partial charge in [-0.05, 0) is 67.6 Å². The number of hydrogen-bond acceptors (Lipinski definition) is 5. The lowest BCUT2D eigenvalue weighted by Crippen LogP contribution is -2.13. The van der Waals surface area contributed by atoms with Crippen LogP contribution in [0.2, 0.25) is 0 Å². The predicted octanol–water partition coefficient (Wildman–Crippen LogP) is 5.58. The van der Waals surface area contributed by atoms with Crippen molar-refractivity contribution in [2.45, 2.75) is 6.92 Å². The Kier molecular flexibility index (Phi) is 6.07. The van der Waals surface area contributed by atoms with E-state index in [2.05, 4.69) is 10.3 Å². The second-order valence-electron chi connectivity index (χ2n) is 6.83. The highest BCUT2D eigenvalue weighted by atomic mass is 19.1. The normalized spacial score (nSPS) is 10.6. The molecule has 4 aromatic rings. The zero-order valence-corrected chi connectivity index (χ0v) is 17.2. The van der Waals surface area contributed by atoms with E-state index < -0.39 is 5.97 Å². The van der Waals surface area contributed by atoms with Gasteiger partial charge in [0.25, 0.3) is 5.91 Å². The number of nitrogens with zero attached hydrogens (tertiary/aromatic N) is 1. The molecule has 0 atom stereocenters. The van der Waals surface area contributed by atoms with E-state index in [1.165, 1.54) is 18.3 Å². The Labute approximate surface area is 183 Å². The van der Waals surface area contributed by atoms with E-state index in [9.17, 15) is 14.0 Å². The third kappa shape index (κ3) is 4.57. The van der Waals surface area contributed by atoms with Gasteiger partial charge in [-0.25, -0.2) is 14.2 Å². The van der Waals surface area contributed by atoms with Crippen molar-refractivity contribution in [3.63, 3.8) is 0 Å². The Morgan fingerprint density at radius 1 is 1.00 bits per heavy atom. The van der Waals surface area contributed by atoms with Crippen LogP contribution in [0.25, 0.3) is 22.8 Å². The molecule has 0 saturated carbocycles. The summed E-state index contributed by atoms with van der Waals surface area (Å²) in [5.41, 5.74) is 2.49. The van der Waals surface area contributed by atoms with E-state index in [1.54, 1.807) is 67.6 Å². The van der Waals surface area contributed by atoms with Gasteiger partial charge in [0.05, 0.1) is 23.9 Å². The first-order valence-electron chi connectivity index (χ1n) is 9.95. The molecule has 0 unspecified atom stereocenters. The standard InChI is InChI=1S/C25H19FN2O4/c1-2-31-25(30)17-9-13-19(14-10-17)28-23(29)20-5-3-4-6-21(20)24-27-15-22(32-24)16-7-11-18(26)12-8-16/h3-15H,2H2,1H3,(H,28,29). The van der Waals surface area contributed by atoms with Crippen molar-refractivity contribution >= 4 is 17.6 Å². The Morgan fingerprint density at radius 3 is 2.44 bits per heavy atom. The zero-order valence-electron chi connectivity index (χ0n) is 17.2. The van der Waals surface area contributed by atoms with Gasteiger partial charge in [-0.1, -0.05) is 12.1 Å². The van der Waals surface area contributed by atoms with Crippen molar-refractivity contribution in [2.24, 2.45) is 0 Å². The van der Waals surface area contributed by atoms with Gasteiger partial charge in [0.15, 0.2) is 5.76 Å². The SMILES string of the molecule is CCOC(=O)c1ccc(NC(=O)c2ccccc2-c2ncc(-c3ccc(F)cc3)o2)cc1. The molecule has 1 N–H and O–H groups in total. The van der Waals surface area contributed by atoms with E-state index in [0.29, 0.717) is 33.7 Å². The largest absolute Gasteiger partial charge is 0.462 e. The molecule has 0 aliphatic carbocycles. The Hall–Kier alpha value is -4.26. The number of aromatic nitrogens is 1. The van der Waals surface area contributed by atoms with Crippen molar-refractivity contribution in [2.75, 3.05) is 11.9 Å². The lowest BCUT2D eigenvalue weighted by molar-refractivity contribution is 0.0526. The summed E-state index contributed by atoms with van der Waals surface area (Å²) in [6.07, 6.45) is 1.53. The maximum atomic E-state index is 13.2. The minimum Gasteiger partial charge on any atom is -0.462 e. The smallest absolute Gasteiger partial charge is 0.338 e. The van der Waals surface area contributed by atoms with Crippen LogP contribution in [0.3, 0.4) is 0 Å². The van der Waals surface area contributed by atoms with Crippen LogP contribution in [0.4, 0.5) is 10.1 Å². The van der Waals surface area contributed by atoms with Crippen LogP contribution < -0.4 is 5.32 Å². The number of nitrogens with one attached hydrogen (secondary N) is 1. The molecular formula is C25H19FN2O4. The fraction of sp³-hybridized carbons (Fsp3) is 0.0800. The van der Waals surface area contributed by atoms with Crippen LogP contribution in [0.15, 0.2) is 83.4 Å². The molecule has 0 aliphatic heterocycles. The number of hydrogen-bond donors (Lipinski definition) is 1. The summed E-state index contributed by atoms with van der Waals surface area (Å²) in [6, 6.07) is 19.2. The lowest BCUT2D eigenvalue weighted by Gasteiger charge is -2.09. The van der Waals surface area contributed by atoms with Crippen LogP contribution in [0.1, 0.15) is 27.6 Å². The highest BCUT2D eigenvalue weighted by Gasteiger charge is 2.17. The second kappa shape index (κ2) is 9.26. The molecule has 3 aromatic carbocycles. The molecule has 0 radical (unpaired) electrons. The van der Waals surface area contributed by atoms with Crippen LogP contribution in [0, 0.1) is 5.82 Å². The molecule has 1 heterocycles. The van der Waals surface area contributed by atoms with Gasteiger partial charge in [0.1, 0.15) is 5.82 Å². The topological polar surface area (TPSA) is 81.4 Å². The highest BCUT2D eigenvalue weighted by Crippen LogP contribution is 2.29. The minimum atomic E-state index is -0.420. The molecule has 1 amide bonds. The van der Waals surface area contributed by atoms with E-state index >= 15 is 0 Å². The summed E-state index contributed by atoms with van der Waals surface area (Å²) in [5, 5.41) is 2.81. The molecule has 7 heteroatoms. The molecular weight excluding hydrogens is 411 g/mol. The predicted molar refractivity (Wildman–Crippen MR) is 118 cm³/mol. The lowest BCUT2D eigenvalue weighted by atomic mass is 10.1. The maximum Gasteiger partial charge on any atom is 0.338 e. The summed E-state index contributed by atoms with van der Waals surface area (Å²) < 4.78 is 24.0. The monoisotopic (exact) mass is 430 g/mol. The molecule has 6 nitrogen and oxygen atoms in total. The van der Waals surface area contributed by atoms with Crippen molar-refractivity contribution in [3.8, 4) is 22.8 Å². The molecule has 1 aromatic heterocycles. The summed E-state index contributed by atoms with van der Waals surface area (Å²) in [4.78, 5) is 29.0. The van der Waals surface area contributed by atoms with E-state index in [-0.39, 0.29) is 24.2 Å². The van der Waals surface area contributed by atoms with Crippen LogP contribution in [-0.2, 0) is 4.74 Å². The molecule has 160 valence electrons. The van der Waals surface area contributed by atoms with E-state index in [0.717, 1.165) is 0 Å². The maximum absolute atomic E-state index is 13.2. The van der Waals surface area contributed by atoms with E-state index in [1.807, 2.05) is 0 Å². The quantitative estimate of drug-likeness (QED) is 0.404. The number of ether oxygens (including phenoxy) is 1. The molecule has 0 bridgehead atoms. The summed E-state index contributed by atoms with van der Waals surface area (Å²) in [7, 11) is 0. The molecule has 0 aliphatic rings. The number of oxazole rings is 1. The first kappa shape index (κ1) is 21.0. The third-order valence-electron chi connectivity index (χ3n) is 4.69. The molecule has 0 fully saturated rings.